The Labute approximate surface area is 142 Å². The number of rotatable bonds is 5. The van der Waals surface area contributed by atoms with Crippen LogP contribution in [0.3, 0.4) is 0 Å². The highest BCUT2D eigenvalue weighted by atomic mass is 16.2. The lowest BCUT2D eigenvalue weighted by atomic mass is 10.1. The molecule has 1 heterocycles. The Hall–Kier alpha value is -2.62. The fourth-order valence-electron chi connectivity index (χ4n) is 2.77. The number of para-hydroxylation sites is 1. The summed E-state index contributed by atoms with van der Waals surface area (Å²) in [7, 11) is 0. The molecule has 1 amide bonds. The van der Waals surface area contributed by atoms with Gasteiger partial charge in [-0.3, -0.25) is 9.48 Å². The number of benzene rings is 2. The molecule has 0 radical (unpaired) electrons. The van der Waals surface area contributed by atoms with Crippen molar-refractivity contribution in [1.82, 2.24) is 15.1 Å². The average molecular weight is 321 g/mol. The van der Waals surface area contributed by atoms with Crippen LogP contribution in [0.4, 0.5) is 0 Å². The van der Waals surface area contributed by atoms with Gasteiger partial charge in [0.15, 0.2) is 0 Å². The normalized spacial score (nSPS) is 13.6. The van der Waals surface area contributed by atoms with Gasteiger partial charge in [-0.25, -0.2) is 0 Å². The lowest BCUT2D eigenvalue weighted by Crippen LogP contribution is -2.37. The first-order chi connectivity index (χ1) is 11.6. The molecule has 2 atom stereocenters. The Kier molecular flexibility index (Phi) is 4.65. The largest absolute Gasteiger partial charge is 0.352 e. The molecular formula is C20H23N3O. The minimum Gasteiger partial charge on any atom is -0.352 e. The molecule has 3 aromatic rings. The summed E-state index contributed by atoms with van der Waals surface area (Å²) < 4.78 is 1.83. The molecule has 4 heteroatoms. The van der Waals surface area contributed by atoms with Crippen LogP contribution in [0.15, 0.2) is 54.6 Å². The summed E-state index contributed by atoms with van der Waals surface area (Å²) in [5.74, 6) is -0.00258. The lowest BCUT2D eigenvalue weighted by Gasteiger charge is -2.17. The Balaban J connectivity index is 2.04. The number of nitrogens with zero attached hydrogens (tertiary/aromatic N) is 2. The van der Waals surface area contributed by atoms with Crippen molar-refractivity contribution in [3.05, 3.63) is 54.6 Å². The molecule has 0 spiro atoms. The van der Waals surface area contributed by atoms with E-state index in [0.29, 0.717) is 0 Å². The van der Waals surface area contributed by atoms with Crippen molar-refractivity contribution >= 4 is 16.8 Å². The molecule has 0 aliphatic carbocycles. The summed E-state index contributed by atoms with van der Waals surface area (Å²) in [6.45, 7) is 5.97. The molecule has 1 N–H and O–H groups in total. The zero-order valence-corrected chi connectivity index (χ0v) is 14.4. The molecular weight excluding hydrogens is 298 g/mol. The average Bonchev–Trinajstić information content (AvgIpc) is 3.01. The summed E-state index contributed by atoms with van der Waals surface area (Å²) in [6, 6.07) is 17.9. The Morgan fingerprint density at radius 2 is 1.75 bits per heavy atom. The number of hydrogen-bond acceptors (Lipinski definition) is 2. The second-order valence-corrected chi connectivity index (χ2v) is 6.17. The molecule has 24 heavy (non-hydrogen) atoms. The number of amides is 1. The number of carbonyl (C=O) groups excluding carboxylic acids is 1. The quantitative estimate of drug-likeness (QED) is 0.766. The van der Waals surface area contributed by atoms with Gasteiger partial charge in [-0.05, 0) is 26.3 Å². The van der Waals surface area contributed by atoms with Crippen LogP contribution >= 0.6 is 0 Å². The van der Waals surface area contributed by atoms with Crippen molar-refractivity contribution < 1.29 is 4.79 Å². The molecule has 1 aromatic heterocycles. The first kappa shape index (κ1) is 16.2. The number of nitrogens with one attached hydrogen (secondary N) is 1. The first-order valence-electron chi connectivity index (χ1n) is 8.44. The molecule has 4 nitrogen and oxygen atoms in total. The number of aromatic nitrogens is 2. The van der Waals surface area contributed by atoms with Crippen molar-refractivity contribution in [2.24, 2.45) is 0 Å². The van der Waals surface area contributed by atoms with E-state index in [1.807, 2.05) is 67.1 Å². The predicted octanol–water partition coefficient (Wildman–Crippen LogP) is 4.18. The van der Waals surface area contributed by atoms with Crippen LogP contribution < -0.4 is 5.32 Å². The zero-order valence-electron chi connectivity index (χ0n) is 14.4. The second-order valence-electron chi connectivity index (χ2n) is 6.17. The van der Waals surface area contributed by atoms with E-state index in [-0.39, 0.29) is 18.0 Å². The topological polar surface area (TPSA) is 46.9 Å². The highest BCUT2D eigenvalue weighted by Gasteiger charge is 2.21. The molecule has 0 bridgehead atoms. The van der Waals surface area contributed by atoms with Crippen LogP contribution in [0, 0.1) is 0 Å². The van der Waals surface area contributed by atoms with Gasteiger partial charge in [0, 0.05) is 17.0 Å². The van der Waals surface area contributed by atoms with E-state index < -0.39 is 0 Å². The molecule has 124 valence electrons. The summed E-state index contributed by atoms with van der Waals surface area (Å²) >= 11 is 0. The number of hydrogen-bond donors (Lipinski definition) is 1. The van der Waals surface area contributed by atoms with Crippen molar-refractivity contribution in [3.8, 4) is 11.3 Å². The maximum absolute atomic E-state index is 12.5. The van der Waals surface area contributed by atoms with Crippen molar-refractivity contribution in [2.45, 2.75) is 39.3 Å². The fraction of sp³-hybridized carbons (Fsp3) is 0.300. The van der Waals surface area contributed by atoms with Crippen molar-refractivity contribution in [1.29, 1.82) is 0 Å². The monoisotopic (exact) mass is 321 g/mol. The van der Waals surface area contributed by atoms with Crippen molar-refractivity contribution in [2.75, 3.05) is 0 Å². The summed E-state index contributed by atoms with van der Waals surface area (Å²) in [4.78, 5) is 12.5. The number of fused-ring (bicyclic) bond motifs is 1. The first-order valence-corrected chi connectivity index (χ1v) is 8.44. The van der Waals surface area contributed by atoms with Crippen LogP contribution in [0.1, 0.15) is 33.2 Å². The Morgan fingerprint density at radius 3 is 2.46 bits per heavy atom. The molecule has 0 unspecified atom stereocenters. The minimum atomic E-state index is -0.360. The third kappa shape index (κ3) is 3.04. The molecule has 2 aromatic carbocycles. The molecule has 0 saturated carbocycles. The van der Waals surface area contributed by atoms with E-state index >= 15 is 0 Å². The zero-order chi connectivity index (χ0) is 17.1. The highest BCUT2D eigenvalue weighted by Crippen LogP contribution is 2.29. The van der Waals surface area contributed by atoms with Gasteiger partial charge in [-0.2, -0.15) is 5.10 Å². The minimum absolute atomic E-state index is 0.00258. The van der Waals surface area contributed by atoms with E-state index in [2.05, 4.69) is 18.3 Å². The van der Waals surface area contributed by atoms with Gasteiger partial charge in [-0.15, -0.1) is 0 Å². The van der Waals surface area contributed by atoms with Gasteiger partial charge in [-0.1, -0.05) is 55.5 Å². The third-order valence-corrected chi connectivity index (χ3v) is 4.41. The molecule has 0 saturated heterocycles. The smallest absolute Gasteiger partial charge is 0.244 e. The maximum Gasteiger partial charge on any atom is 0.244 e. The summed E-state index contributed by atoms with van der Waals surface area (Å²) in [5, 5.41) is 8.87. The molecule has 0 fully saturated rings. The fourth-order valence-corrected chi connectivity index (χ4v) is 2.77. The van der Waals surface area contributed by atoms with Crippen molar-refractivity contribution in [3.63, 3.8) is 0 Å². The molecule has 3 rings (SSSR count). The third-order valence-electron chi connectivity index (χ3n) is 4.41. The summed E-state index contributed by atoms with van der Waals surface area (Å²) in [6.07, 6.45) is 0.910. The van der Waals surface area contributed by atoms with Crippen LogP contribution in [0.5, 0.6) is 0 Å². The SMILES string of the molecule is CC[C@H](C)NC(=O)[C@H](C)n1nc(-c2ccccc2)c2ccccc21. The van der Waals surface area contributed by atoms with E-state index in [4.69, 9.17) is 5.10 Å². The van der Waals surface area contributed by atoms with Crippen LogP contribution in [-0.4, -0.2) is 21.7 Å². The van der Waals surface area contributed by atoms with Gasteiger partial charge in [0.25, 0.3) is 0 Å². The van der Waals surface area contributed by atoms with Gasteiger partial charge >= 0.3 is 0 Å². The predicted molar refractivity (Wildman–Crippen MR) is 97.8 cm³/mol. The second kappa shape index (κ2) is 6.87. The lowest BCUT2D eigenvalue weighted by molar-refractivity contribution is -0.124. The maximum atomic E-state index is 12.5. The van der Waals surface area contributed by atoms with E-state index in [9.17, 15) is 4.79 Å². The van der Waals surface area contributed by atoms with Crippen LogP contribution in [0.25, 0.3) is 22.2 Å². The van der Waals surface area contributed by atoms with Gasteiger partial charge in [0.2, 0.25) is 5.91 Å². The van der Waals surface area contributed by atoms with Gasteiger partial charge in [0.05, 0.1) is 5.52 Å². The molecule has 0 aliphatic heterocycles. The van der Waals surface area contributed by atoms with Gasteiger partial charge in [0.1, 0.15) is 11.7 Å². The van der Waals surface area contributed by atoms with E-state index in [1.165, 1.54) is 0 Å². The Morgan fingerprint density at radius 1 is 1.08 bits per heavy atom. The highest BCUT2D eigenvalue weighted by molar-refractivity contribution is 5.94. The van der Waals surface area contributed by atoms with E-state index in [0.717, 1.165) is 28.6 Å². The summed E-state index contributed by atoms with van der Waals surface area (Å²) in [5.41, 5.74) is 2.94. The van der Waals surface area contributed by atoms with Crippen LogP contribution in [-0.2, 0) is 4.79 Å². The standard InChI is InChI=1S/C20H23N3O/c1-4-14(2)21-20(24)15(3)23-18-13-9-8-12-17(18)19(22-23)16-10-6-5-7-11-16/h5-15H,4H2,1-3H3,(H,21,24)/t14-,15-/m0/s1. The van der Waals surface area contributed by atoms with Crippen LogP contribution in [0.2, 0.25) is 0 Å². The molecule has 0 aliphatic rings. The van der Waals surface area contributed by atoms with E-state index in [1.54, 1.807) is 0 Å². The number of carbonyl (C=O) groups is 1. The Bertz CT molecular complexity index is 838. The van der Waals surface area contributed by atoms with Gasteiger partial charge < -0.3 is 5.32 Å².